The number of thiazole rings is 1. The van der Waals surface area contributed by atoms with Crippen molar-refractivity contribution in [1.82, 2.24) is 4.98 Å². The molecule has 0 N–H and O–H groups in total. The average Bonchev–Trinajstić information content (AvgIpc) is 3.17. The Balaban J connectivity index is 1.75. The lowest BCUT2D eigenvalue weighted by Gasteiger charge is -2.24. The van der Waals surface area contributed by atoms with E-state index in [1.54, 1.807) is 18.4 Å². The van der Waals surface area contributed by atoms with Gasteiger partial charge in [0, 0.05) is 18.1 Å². The fourth-order valence-electron chi connectivity index (χ4n) is 2.94. The van der Waals surface area contributed by atoms with Gasteiger partial charge in [-0.05, 0) is 12.8 Å². The summed E-state index contributed by atoms with van der Waals surface area (Å²) in [6.45, 7) is 0. The highest BCUT2D eigenvalue weighted by Gasteiger charge is 2.38. The molecule has 0 aliphatic heterocycles. The minimum absolute atomic E-state index is 0.116. The van der Waals surface area contributed by atoms with Crippen LogP contribution in [0.5, 0.6) is 0 Å². The van der Waals surface area contributed by atoms with Crippen LogP contribution in [-0.2, 0) is 16.8 Å². The predicted octanol–water partition coefficient (Wildman–Crippen LogP) is 3.98. The second-order valence-corrected chi connectivity index (χ2v) is 6.37. The molecule has 1 saturated carbocycles. The van der Waals surface area contributed by atoms with E-state index in [9.17, 15) is 4.79 Å². The number of benzene rings is 1. The number of carbonyl (C=O) groups is 1. The molecule has 0 radical (unpaired) electrons. The van der Waals surface area contributed by atoms with Crippen LogP contribution in [0, 0.1) is 0 Å². The lowest BCUT2D eigenvalue weighted by molar-refractivity contribution is -0.00896. The topological polar surface area (TPSA) is 39.2 Å². The quantitative estimate of drug-likeness (QED) is 0.784. The molecule has 1 aromatic carbocycles. The number of ether oxygens (including phenoxy) is 1. The first kappa shape index (κ1) is 14.4. The summed E-state index contributed by atoms with van der Waals surface area (Å²) in [6, 6.07) is 9.39. The summed E-state index contributed by atoms with van der Waals surface area (Å²) in [5, 5.41) is 3.02. The van der Waals surface area contributed by atoms with Gasteiger partial charge in [0.25, 0.3) is 0 Å². The van der Waals surface area contributed by atoms with Crippen molar-refractivity contribution in [2.24, 2.45) is 0 Å². The highest BCUT2D eigenvalue weighted by molar-refractivity contribution is 7.09. The fraction of sp³-hybridized carbons (Fsp3) is 0.412. The highest BCUT2D eigenvalue weighted by Crippen LogP contribution is 2.42. The summed E-state index contributed by atoms with van der Waals surface area (Å²) < 4.78 is 5.75. The molecule has 1 aliphatic carbocycles. The third-order valence-electron chi connectivity index (χ3n) is 4.18. The molecule has 3 nitrogen and oxygen atoms in total. The molecule has 0 unspecified atom stereocenters. The zero-order chi connectivity index (χ0) is 14.7. The van der Waals surface area contributed by atoms with Crippen LogP contribution < -0.4 is 0 Å². The van der Waals surface area contributed by atoms with Crippen LogP contribution in [-0.4, -0.2) is 17.9 Å². The van der Waals surface area contributed by atoms with E-state index >= 15 is 0 Å². The largest absolute Gasteiger partial charge is 0.371 e. The lowest BCUT2D eigenvalue weighted by Crippen LogP contribution is -2.24. The Kier molecular flexibility index (Phi) is 4.17. The number of nitrogens with zero attached hydrogens (tertiary/aromatic N) is 1. The molecule has 1 fully saturated rings. The first-order valence-electron chi connectivity index (χ1n) is 7.32. The summed E-state index contributed by atoms with van der Waals surface area (Å²) in [6.07, 6.45) is 4.80. The van der Waals surface area contributed by atoms with Crippen LogP contribution in [0.3, 0.4) is 0 Å². The van der Waals surface area contributed by atoms with Gasteiger partial charge in [-0.15, -0.1) is 11.3 Å². The van der Waals surface area contributed by atoms with Crippen molar-refractivity contribution in [2.45, 2.75) is 37.7 Å². The molecule has 2 aromatic rings. The van der Waals surface area contributed by atoms with Crippen molar-refractivity contribution in [3.8, 4) is 0 Å². The lowest BCUT2D eigenvalue weighted by atomic mass is 10.0. The third-order valence-corrected chi connectivity index (χ3v) is 5.26. The Morgan fingerprint density at radius 2 is 2.00 bits per heavy atom. The van der Waals surface area contributed by atoms with Crippen LogP contribution in [0.1, 0.15) is 46.7 Å². The number of rotatable bonds is 5. The molecule has 21 heavy (non-hydrogen) atoms. The maximum Gasteiger partial charge on any atom is 0.168 e. The van der Waals surface area contributed by atoms with Gasteiger partial charge in [-0.25, -0.2) is 4.98 Å². The number of Topliss-reactive ketones (excluding diaryl/α,β-unsaturated/α-hetero) is 1. The normalized spacial score (nSPS) is 17.0. The molecule has 3 rings (SSSR count). The molecule has 4 heteroatoms. The van der Waals surface area contributed by atoms with Gasteiger partial charge >= 0.3 is 0 Å². The van der Waals surface area contributed by atoms with E-state index in [2.05, 4.69) is 4.98 Å². The summed E-state index contributed by atoms with van der Waals surface area (Å²) >= 11 is 1.62. The molecule has 0 atom stereocenters. The first-order chi connectivity index (χ1) is 10.2. The van der Waals surface area contributed by atoms with E-state index in [-0.39, 0.29) is 11.4 Å². The van der Waals surface area contributed by atoms with Crippen molar-refractivity contribution in [3.05, 3.63) is 52.0 Å². The maximum absolute atomic E-state index is 12.2. The van der Waals surface area contributed by atoms with E-state index in [1.807, 2.05) is 35.7 Å². The number of carbonyl (C=O) groups excluding carboxylic acids is 1. The van der Waals surface area contributed by atoms with Crippen LogP contribution in [0.2, 0.25) is 0 Å². The molecule has 0 saturated heterocycles. The fourth-order valence-corrected chi connectivity index (χ4v) is 4.00. The maximum atomic E-state index is 12.2. The van der Waals surface area contributed by atoms with Gasteiger partial charge in [-0.2, -0.15) is 0 Å². The van der Waals surface area contributed by atoms with E-state index in [1.165, 1.54) is 12.8 Å². The van der Waals surface area contributed by atoms with Crippen molar-refractivity contribution < 1.29 is 9.53 Å². The first-order valence-corrected chi connectivity index (χ1v) is 8.20. The molecule has 0 bridgehead atoms. The number of hydrogen-bond donors (Lipinski definition) is 0. The van der Waals surface area contributed by atoms with E-state index < -0.39 is 0 Å². The zero-order valence-electron chi connectivity index (χ0n) is 12.2. The predicted molar refractivity (Wildman–Crippen MR) is 83.7 cm³/mol. The number of methoxy groups -OCH3 is 1. The summed E-state index contributed by atoms with van der Waals surface area (Å²) in [5.41, 5.74) is 1.39. The molecule has 1 heterocycles. The smallest absolute Gasteiger partial charge is 0.168 e. The third kappa shape index (κ3) is 2.92. The van der Waals surface area contributed by atoms with Crippen molar-refractivity contribution in [2.75, 3.05) is 7.11 Å². The molecule has 1 aromatic heterocycles. The summed E-state index contributed by atoms with van der Waals surface area (Å²) in [5.74, 6) is 0.116. The Hall–Kier alpha value is -1.52. The number of ketones is 1. The molecular formula is C17H19NO2S. The van der Waals surface area contributed by atoms with Crippen molar-refractivity contribution in [3.63, 3.8) is 0 Å². The zero-order valence-corrected chi connectivity index (χ0v) is 13.0. The monoisotopic (exact) mass is 301 g/mol. The van der Waals surface area contributed by atoms with Gasteiger partial charge in [0.1, 0.15) is 10.6 Å². The van der Waals surface area contributed by atoms with Crippen molar-refractivity contribution in [1.29, 1.82) is 0 Å². The molecule has 0 spiro atoms. The second kappa shape index (κ2) is 6.08. The minimum Gasteiger partial charge on any atom is -0.371 e. The van der Waals surface area contributed by atoms with Crippen LogP contribution in [0.15, 0.2) is 35.7 Å². The van der Waals surface area contributed by atoms with Gasteiger partial charge in [0.15, 0.2) is 5.78 Å². The molecule has 110 valence electrons. The van der Waals surface area contributed by atoms with Crippen molar-refractivity contribution >= 4 is 17.1 Å². The average molecular weight is 301 g/mol. The van der Waals surface area contributed by atoms with Gasteiger partial charge in [-0.1, -0.05) is 43.2 Å². The molecule has 0 amide bonds. The molecular weight excluding hydrogens is 282 g/mol. The Morgan fingerprint density at radius 1 is 1.29 bits per heavy atom. The Labute approximate surface area is 129 Å². The van der Waals surface area contributed by atoms with E-state index in [0.717, 1.165) is 29.1 Å². The summed E-state index contributed by atoms with van der Waals surface area (Å²) in [4.78, 5) is 16.9. The van der Waals surface area contributed by atoms with Crippen LogP contribution in [0.25, 0.3) is 0 Å². The van der Waals surface area contributed by atoms with Gasteiger partial charge in [-0.3, -0.25) is 4.79 Å². The van der Waals surface area contributed by atoms with Crippen LogP contribution >= 0.6 is 11.3 Å². The minimum atomic E-state index is -0.210. The SMILES string of the molecule is COC1(c2nc(CC(=O)c3ccccc3)cs2)CCCC1. The standard InChI is InChI=1S/C17H19NO2S/c1-20-17(9-5-6-10-17)16-18-14(12-21-16)11-15(19)13-7-3-2-4-8-13/h2-4,7-8,12H,5-6,9-11H2,1H3. The van der Waals surface area contributed by atoms with Gasteiger partial charge in [0.05, 0.1) is 12.1 Å². The number of hydrogen-bond acceptors (Lipinski definition) is 4. The van der Waals surface area contributed by atoms with Crippen LogP contribution in [0.4, 0.5) is 0 Å². The van der Waals surface area contributed by atoms with Gasteiger partial charge in [0.2, 0.25) is 0 Å². The van der Waals surface area contributed by atoms with E-state index in [0.29, 0.717) is 6.42 Å². The Bertz CT molecular complexity index is 615. The van der Waals surface area contributed by atoms with E-state index in [4.69, 9.17) is 4.74 Å². The molecule has 1 aliphatic rings. The Morgan fingerprint density at radius 3 is 2.67 bits per heavy atom. The number of aromatic nitrogens is 1. The summed E-state index contributed by atoms with van der Waals surface area (Å²) in [7, 11) is 1.77. The second-order valence-electron chi connectivity index (χ2n) is 5.52. The highest BCUT2D eigenvalue weighted by atomic mass is 32.1. The van der Waals surface area contributed by atoms with Gasteiger partial charge < -0.3 is 4.74 Å².